The monoisotopic (exact) mass is 567 g/mol. The Kier molecular flexibility index (Phi) is 6.39. The number of amides is 1. The Morgan fingerprint density at radius 3 is 2.71 bits per heavy atom. The number of ether oxygens (including phenoxy) is 2. The van der Waals surface area contributed by atoms with Crippen LogP contribution in [0.1, 0.15) is 6.42 Å². The van der Waals surface area contributed by atoms with Gasteiger partial charge in [-0.05, 0) is 37.4 Å². The Morgan fingerprint density at radius 2 is 1.88 bits per heavy atom. The van der Waals surface area contributed by atoms with Crippen molar-refractivity contribution < 1.29 is 14.3 Å². The lowest BCUT2D eigenvalue weighted by Gasteiger charge is -2.34. The molecule has 13 nitrogen and oxygen atoms in total. The van der Waals surface area contributed by atoms with Gasteiger partial charge >= 0.3 is 0 Å². The van der Waals surface area contributed by atoms with E-state index in [4.69, 9.17) is 19.4 Å². The number of nitrogens with zero attached hydrogens (tertiary/aromatic N) is 8. The van der Waals surface area contributed by atoms with Crippen molar-refractivity contribution in [1.82, 2.24) is 29.2 Å². The second-order valence-electron chi connectivity index (χ2n) is 10.3. The van der Waals surface area contributed by atoms with E-state index in [0.717, 1.165) is 43.3 Å². The van der Waals surface area contributed by atoms with Gasteiger partial charge in [-0.3, -0.25) is 14.5 Å². The van der Waals surface area contributed by atoms with Crippen molar-refractivity contribution in [3.63, 3.8) is 0 Å². The van der Waals surface area contributed by atoms with Gasteiger partial charge in [0.2, 0.25) is 5.95 Å². The van der Waals surface area contributed by atoms with E-state index in [0.29, 0.717) is 47.3 Å². The predicted molar refractivity (Wildman–Crippen MR) is 157 cm³/mol. The van der Waals surface area contributed by atoms with Gasteiger partial charge in [-0.1, -0.05) is 11.8 Å². The largest absolute Gasteiger partial charge is 0.495 e. The summed E-state index contributed by atoms with van der Waals surface area (Å²) in [6, 6.07) is 9.36. The van der Waals surface area contributed by atoms with Crippen LogP contribution in [0, 0.1) is 11.8 Å². The van der Waals surface area contributed by atoms with Crippen LogP contribution in [0.3, 0.4) is 0 Å². The molecule has 2 bridgehead atoms. The molecule has 0 atom stereocenters. The molecule has 1 aromatic carbocycles. The number of carbonyl (C=O) groups excluding carboxylic acids is 1. The number of aromatic nitrogens is 5. The van der Waals surface area contributed by atoms with Crippen molar-refractivity contribution in [3.8, 4) is 29.2 Å². The zero-order chi connectivity index (χ0) is 28.8. The zero-order valence-corrected chi connectivity index (χ0v) is 23.3. The Morgan fingerprint density at radius 1 is 1.02 bits per heavy atom. The number of benzene rings is 1. The van der Waals surface area contributed by atoms with Crippen molar-refractivity contribution in [3.05, 3.63) is 46.9 Å². The van der Waals surface area contributed by atoms with Crippen LogP contribution in [0.5, 0.6) is 11.5 Å². The third-order valence-corrected chi connectivity index (χ3v) is 7.72. The van der Waals surface area contributed by atoms with Crippen molar-refractivity contribution in [2.75, 3.05) is 68.6 Å². The first-order valence-corrected chi connectivity index (χ1v) is 13.8. The van der Waals surface area contributed by atoms with E-state index in [9.17, 15) is 9.59 Å². The molecule has 0 spiro atoms. The van der Waals surface area contributed by atoms with E-state index in [2.05, 4.69) is 39.0 Å². The zero-order valence-electron chi connectivity index (χ0n) is 23.3. The van der Waals surface area contributed by atoms with Gasteiger partial charge in [0.05, 0.1) is 12.8 Å². The fourth-order valence-electron chi connectivity index (χ4n) is 5.46. The number of rotatable bonds is 4. The summed E-state index contributed by atoms with van der Waals surface area (Å²) in [5, 5.41) is 3.63. The van der Waals surface area contributed by atoms with Crippen LogP contribution in [0.15, 0.2) is 41.3 Å². The standard InChI is InChI=1S/C29H29N9O4/c1-34-12-14-35(15-13-34)21-16-19(6-7-22(21)41-2)31-29-30-17-20-26(33-29)38-24-9-8-23-27(32-24)36(25(39)18-42-23)10-4-3-5-11-37(38)28(20)40/h6-9,16-17H,4,10-15,18H2,1-2H3,(H,30,31,33). The highest BCUT2D eigenvalue weighted by molar-refractivity contribution is 5.96. The number of likely N-dealkylation sites (N-methyl/N-ethyl adjacent to an activating group) is 1. The molecule has 13 heteroatoms. The minimum atomic E-state index is -0.282. The summed E-state index contributed by atoms with van der Waals surface area (Å²) in [6.45, 7) is 4.18. The van der Waals surface area contributed by atoms with Crippen LogP contribution in [0.4, 0.5) is 23.1 Å². The number of hydrogen-bond donors (Lipinski definition) is 1. The first-order valence-electron chi connectivity index (χ1n) is 13.8. The minimum absolute atomic E-state index is 0.0528. The Hall–Kier alpha value is -5.09. The average molecular weight is 568 g/mol. The number of fused-ring (bicyclic) bond motifs is 5. The Bertz CT molecular complexity index is 1830. The molecule has 0 saturated carbocycles. The van der Waals surface area contributed by atoms with Gasteiger partial charge in [-0.15, -0.1) is 0 Å². The molecule has 1 saturated heterocycles. The number of carbonyl (C=O) groups is 1. The summed E-state index contributed by atoms with van der Waals surface area (Å²) >= 11 is 0. The van der Waals surface area contributed by atoms with Crippen LogP contribution in [0.25, 0.3) is 16.9 Å². The van der Waals surface area contributed by atoms with Gasteiger partial charge in [-0.2, -0.15) is 4.98 Å². The number of pyridine rings is 1. The summed E-state index contributed by atoms with van der Waals surface area (Å²) < 4.78 is 14.4. The molecule has 6 heterocycles. The Balaban J connectivity index is 1.30. The predicted octanol–water partition coefficient (Wildman–Crippen LogP) is 1.61. The highest BCUT2D eigenvalue weighted by atomic mass is 16.5. The van der Waals surface area contributed by atoms with Gasteiger partial charge in [0.1, 0.15) is 17.7 Å². The van der Waals surface area contributed by atoms with Crippen molar-refractivity contribution in [2.24, 2.45) is 0 Å². The molecule has 3 aromatic heterocycles. The van der Waals surface area contributed by atoms with Crippen LogP contribution in [-0.4, -0.2) is 88.6 Å². The minimum Gasteiger partial charge on any atom is -0.495 e. The number of methoxy groups -OCH3 is 1. The molecule has 1 N–H and O–H groups in total. The molecule has 3 aliphatic heterocycles. The van der Waals surface area contributed by atoms with E-state index >= 15 is 0 Å². The van der Waals surface area contributed by atoms with Gasteiger partial charge in [0.25, 0.3) is 11.5 Å². The summed E-state index contributed by atoms with van der Waals surface area (Å²) in [6.07, 6.45) is 1.96. The highest BCUT2D eigenvalue weighted by Gasteiger charge is 2.28. The maximum atomic E-state index is 13.5. The molecule has 4 aromatic rings. The normalized spacial score (nSPS) is 16.7. The first-order chi connectivity index (χ1) is 20.5. The molecule has 0 aliphatic carbocycles. The van der Waals surface area contributed by atoms with Crippen molar-refractivity contribution >= 4 is 40.1 Å². The van der Waals surface area contributed by atoms with E-state index in [1.807, 2.05) is 18.2 Å². The summed E-state index contributed by atoms with van der Waals surface area (Å²) in [5.74, 6) is 8.37. The number of piperazine rings is 1. The lowest BCUT2D eigenvalue weighted by molar-refractivity contribution is -0.121. The SMILES string of the molecule is COc1ccc(Nc2ncc3c(=O)n4n(c3n2)-c2ccc3c(n2)N(CCC#CC4)C(=O)CO3)cc1N1CCN(C)CC1. The first kappa shape index (κ1) is 25.8. The quantitative estimate of drug-likeness (QED) is 0.364. The molecule has 1 amide bonds. The van der Waals surface area contributed by atoms with Crippen LogP contribution in [0.2, 0.25) is 0 Å². The van der Waals surface area contributed by atoms with E-state index in [-0.39, 0.29) is 24.6 Å². The molecule has 7 rings (SSSR count). The molecular weight excluding hydrogens is 538 g/mol. The molecule has 42 heavy (non-hydrogen) atoms. The maximum absolute atomic E-state index is 13.5. The van der Waals surface area contributed by atoms with E-state index < -0.39 is 0 Å². The second-order valence-corrected chi connectivity index (χ2v) is 10.3. The van der Waals surface area contributed by atoms with E-state index in [1.54, 1.807) is 28.8 Å². The molecule has 3 aliphatic rings. The molecule has 0 unspecified atom stereocenters. The third kappa shape index (κ3) is 4.46. The molecule has 0 radical (unpaired) electrons. The summed E-state index contributed by atoms with van der Waals surface area (Å²) in [4.78, 5) is 46.3. The second kappa shape index (κ2) is 10.4. The topological polar surface area (TPSA) is 123 Å². The summed E-state index contributed by atoms with van der Waals surface area (Å²) in [7, 11) is 3.79. The maximum Gasteiger partial charge on any atom is 0.279 e. The van der Waals surface area contributed by atoms with Crippen LogP contribution in [-0.2, 0) is 11.3 Å². The molecule has 1 fully saturated rings. The van der Waals surface area contributed by atoms with Crippen LogP contribution < -0.4 is 30.1 Å². The molecular formula is C29H29N9O4. The highest BCUT2D eigenvalue weighted by Crippen LogP contribution is 2.34. The van der Waals surface area contributed by atoms with Crippen LogP contribution >= 0.6 is 0 Å². The fourth-order valence-corrected chi connectivity index (χ4v) is 5.46. The van der Waals surface area contributed by atoms with Crippen molar-refractivity contribution in [2.45, 2.75) is 13.0 Å². The number of nitrogens with one attached hydrogen (secondary N) is 1. The summed E-state index contributed by atoms with van der Waals surface area (Å²) in [5.41, 5.74) is 1.86. The molecule has 214 valence electrons. The van der Waals surface area contributed by atoms with E-state index in [1.165, 1.54) is 10.9 Å². The van der Waals surface area contributed by atoms with Gasteiger partial charge in [-0.25, -0.2) is 19.3 Å². The lowest BCUT2D eigenvalue weighted by Crippen LogP contribution is -2.44. The number of hydrogen-bond acceptors (Lipinski definition) is 10. The lowest BCUT2D eigenvalue weighted by atomic mass is 10.2. The average Bonchev–Trinajstić information content (AvgIpc) is 3.26. The fraction of sp³-hybridized carbons (Fsp3) is 0.345. The Labute approximate surface area is 241 Å². The van der Waals surface area contributed by atoms with Gasteiger partial charge in [0, 0.05) is 51.0 Å². The van der Waals surface area contributed by atoms with Crippen molar-refractivity contribution in [1.29, 1.82) is 0 Å². The van der Waals surface area contributed by atoms with Gasteiger partial charge < -0.3 is 24.6 Å². The van der Waals surface area contributed by atoms with Gasteiger partial charge in [0.15, 0.2) is 29.6 Å². The smallest absolute Gasteiger partial charge is 0.279 e. The number of anilines is 4. The third-order valence-electron chi connectivity index (χ3n) is 7.72.